The minimum Gasteiger partial charge on any atom is -0.466 e. The molecule has 106 valence electrons. The monoisotopic (exact) mass is 311 g/mol. The molecule has 5 nitrogen and oxygen atoms in total. The summed E-state index contributed by atoms with van der Waals surface area (Å²) >= 11 is 7.65. The van der Waals surface area contributed by atoms with E-state index in [0.717, 1.165) is 10.7 Å². The number of aromatic nitrogens is 2. The SMILES string of the molecule is CC(O)(CNCc1c(Cl)nc2sccn12)c1ccco1. The van der Waals surface area contributed by atoms with Crippen molar-refractivity contribution in [2.24, 2.45) is 0 Å². The van der Waals surface area contributed by atoms with Crippen molar-refractivity contribution in [3.63, 3.8) is 0 Å². The van der Waals surface area contributed by atoms with E-state index < -0.39 is 5.60 Å². The van der Waals surface area contributed by atoms with E-state index in [1.165, 1.54) is 11.3 Å². The van der Waals surface area contributed by atoms with Gasteiger partial charge in [0.1, 0.15) is 11.4 Å². The molecule has 3 heterocycles. The highest BCUT2D eigenvalue weighted by Gasteiger charge is 2.26. The zero-order valence-corrected chi connectivity index (χ0v) is 12.4. The molecule has 1 atom stereocenters. The molecular formula is C13H14ClN3O2S. The molecule has 0 aliphatic heterocycles. The molecule has 0 aromatic carbocycles. The topological polar surface area (TPSA) is 62.7 Å². The number of thiazole rings is 1. The zero-order chi connectivity index (χ0) is 14.2. The van der Waals surface area contributed by atoms with Crippen LogP contribution in [0.4, 0.5) is 0 Å². The Kier molecular flexibility index (Phi) is 3.55. The van der Waals surface area contributed by atoms with Crippen molar-refractivity contribution in [2.75, 3.05) is 6.54 Å². The van der Waals surface area contributed by atoms with E-state index in [2.05, 4.69) is 10.3 Å². The van der Waals surface area contributed by atoms with Gasteiger partial charge in [-0.1, -0.05) is 11.6 Å². The average Bonchev–Trinajstić information content (AvgIpc) is 3.08. The van der Waals surface area contributed by atoms with E-state index in [0.29, 0.717) is 24.0 Å². The van der Waals surface area contributed by atoms with Crippen LogP contribution in [0.5, 0.6) is 0 Å². The van der Waals surface area contributed by atoms with Crippen LogP contribution in [-0.4, -0.2) is 21.0 Å². The van der Waals surface area contributed by atoms with Gasteiger partial charge in [0.25, 0.3) is 0 Å². The maximum atomic E-state index is 10.3. The second-order valence-electron chi connectivity index (χ2n) is 4.76. The molecule has 0 saturated carbocycles. The second kappa shape index (κ2) is 5.21. The maximum absolute atomic E-state index is 10.3. The normalized spacial score (nSPS) is 14.8. The minimum atomic E-state index is -1.06. The van der Waals surface area contributed by atoms with Crippen molar-refractivity contribution < 1.29 is 9.52 Å². The fourth-order valence-corrected chi connectivity index (χ4v) is 3.08. The van der Waals surface area contributed by atoms with Gasteiger partial charge in [0, 0.05) is 24.7 Å². The second-order valence-corrected chi connectivity index (χ2v) is 5.99. The first-order valence-corrected chi connectivity index (χ1v) is 7.41. The highest BCUT2D eigenvalue weighted by molar-refractivity contribution is 7.15. The van der Waals surface area contributed by atoms with Crippen molar-refractivity contribution in [3.8, 4) is 0 Å². The summed E-state index contributed by atoms with van der Waals surface area (Å²) in [5.41, 5.74) is -0.174. The van der Waals surface area contributed by atoms with Gasteiger partial charge in [-0.15, -0.1) is 11.3 Å². The van der Waals surface area contributed by atoms with Gasteiger partial charge in [0.15, 0.2) is 10.1 Å². The number of hydrogen-bond donors (Lipinski definition) is 2. The quantitative estimate of drug-likeness (QED) is 0.760. The third kappa shape index (κ3) is 2.47. The number of aliphatic hydroxyl groups is 1. The summed E-state index contributed by atoms with van der Waals surface area (Å²) in [5.74, 6) is 0.532. The van der Waals surface area contributed by atoms with Gasteiger partial charge in [0.05, 0.1) is 12.0 Å². The Bertz CT molecular complexity index is 702. The largest absolute Gasteiger partial charge is 0.466 e. The Morgan fingerprint density at radius 2 is 2.45 bits per heavy atom. The molecule has 0 spiro atoms. The van der Waals surface area contributed by atoms with E-state index in [1.54, 1.807) is 25.3 Å². The average molecular weight is 312 g/mol. The van der Waals surface area contributed by atoms with Gasteiger partial charge in [-0.25, -0.2) is 4.98 Å². The number of halogens is 1. The fourth-order valence-electron chi connectivity index (χ4n) is 2.06. The molecule has 0 bridgehead atoms. The molecule has 7 heteroatoms. The molecule has 0 aliphatic carbocycles. The third-order valence-corrected chi connectivity index (χ3v) is 4.19. The Labute approximate surface area is 124 Å². The Morgan fingerprint density at radius 3 is 3.20 bits per heavy atom. The highest BCUT2D eigenvalue weighted by atomic mass is 35.5. The van der Waals surface area contributed by atoms with Gasteiger partial charge in [-0.05, 0) is 19.1 Å². The molecule has 0 fully saturated rings. The van der Waals surface area contributed by atoms with Crippen molar-refractivity contribution in [3.05, 3.63) is 46.6 Å². The predicted octanol–water partition coefficient (Wildman–Crippen LogP) is 2.64. The third-order valence-electron chi connectivity index (χ3n) is 3.13. The summed E-state index contributed by atoms with van der Waals surface area (Å²) in [6.45, 7) is 2.58. The summed E-state index contributed by atoms with van der Waals surface area (Å²) in [7, 11) is 0. The van der Waals surface area contributed by atoms with Gasteiger partial charge in [0.2, 0.25) is 0 Å². The lowest BCUT2D eigenvalue weighted by molar-refractivity contribution is 0.0339. The van der Waals surface area contributed by atoms with Crippen LogP contribution < -0.4 is 5.32 Å². The van der Waals surface area contributed by atoms with Crippen LogP contribution in [0.25, 0.3) is 4.96 Å². The number of furan rings is 1. The first-order valence-electron chi connectivity index (χ1n) is 6.15. The highest BCUT2D eigenvalue weighted by Crippen LogP contribution is 2.22. The molecule has 0 amide bonds. The number of rotatable bonds is 5. The lowest BCUT2D eigenvalue weighted by Crippen LogP contribution is -2.35. The Hall–Kier alpha value is -1.34. The van der Waals surface area contributed by atoms with E-state index in [-0.39, 0.29) is 0 Å². The molecule has 3 aromatic rings. The molecular weight excluding hydrogens is 298 g/mol. The van der Waals surface area contributed by atoms with Crippen LogP contribution in [0, 0.1) is 0 Å². The lowest BCUT2D eigenvalue weighted by Gasteiger charge is -2.21. The summed E-state index contributed by atoms with van der Waals surface area (Å²) in [6.07, 6.45) is 3.48. The Morgan fingerprint density at radius 1 is 1.60 bits per heavy atom. The first kappa shape index (κ1) is 13.6. The van der Waals surface area contributed by atoms with Crippen LogP contribution in [-0.2, 0) is 12.1 Å². The van der Waals surface area contributed by atoms with E-state index in [9.17, 15) is 5.11 Å². The number of imidazole rings is 1. The molecule has 1 unspecified atom stereocenters. The maximum Gasteiger partial charge on any atom is 0.195 e. The van der Waals surface area contributed by atoms with Crippen LogP contribution in [0.15, 0.2) is 34.4 Å². The number of nitrogens with one attached hydrogen (secondary N) is 1. The molecule has 3 rings (SSSR count). The summed E-state index contributed by atoms with van der Waals surface area (Å²) in [4.78, 5) is 5.13. The van der Waals surface area contributed by atoms with Gasteiger partial charge in [-0.3, -0.25) is 4.40 Å². The molecule has 2 N–H and O–H groups in total. The molecule has 0 aliphatic rings. The summed E-state index contributed by atoms with van der Waals surface area (Å²) in [5, 5.41) is 16.0. The van der Waals surface area contributed by atoms with Gasteiger partial charge < -0.3 is 14.8 Å². The van der Waals surface area contributed by atoms with E-state index in [4.69, 9.17) is 16.0 Å². The van der Waals surface area contributed by atoms with Crippen LogP contribution in [0.1, 0.15) is 18.4 Å². The van der Waals surface area contributed by atoms with Crippen molar-refractivity contribution in [1.29, 1.82) is 0 Å². The number of hydrogen-bond acceptors (Lipinski definition) is 5. The number of fused-ring (bicyclic) bond motifs is 1. The summed E-state index contributed by atoms with van der Waals surface area (Å²) < 4.78 is 7.18. The molecule has 0 saturated heterocycles. The smallest absolute Gasteiger partial charge is 0.195 e. The fraction of sp³-hybridized carbons (Fsp3) is 0.308. The van der Waals surface area contributed by atoms with Crippen LogP contribution >= 0.6 is 22.9 Å². The van der Waals surface area contributed by atoms with Crippen molar-refractivity contribution in [2.45, 2.75) is 19.1 Å². The summed E-state index contributed by atoms with van der Waals surface area (Å²) in [6, 6.07) is 3.51. The minimum absolute atomic E-state index is 0.355. The standard InChI is InChI=1S/C13H14ClN3O2S/c1-13(18,10-3-2-5-19-10)8-15-7-9-11(14)16-12-17(9)4-6-20-12/h2-6,15,18H,7-8H2,1H3. The van der Waals surface area contributed by atoms with Crippen molar-refractivity contribution in [1.82, 2.24) is 14.7 Å². The van der Waals surface area contributed by atoms with Crippen LogP contribution in [0.2, 0.25) is 5.15 Å². The zero-order valence-electron chi connectivity index (χ0n) is 10.8. The molecule has 20 heavy (non-hydrogen) atoms. The Balaban J connectivity index is 1.68. The van der Waals surface area contributed by atoms with Gasteiger partial charge in [-0.2, -0.15) is 0 Å². The molecule has 0 radical (unpaired) electrons. The van der Waals surface area contributed by atoms with E-state index >= 15 is 0 Å². The van der Waals surface area contributed by atoms with Gasteiger partial charge >= 0.3 is 0 Å². The lowest BCUT2D eigenvalue weighted by atomic mass is 10.0. The van der Waals surface area contributed by atoms with Crippen molar-refractivity contribution >= 4 is 27.9 Å². The first-order chi connectivity index (χ1) is 9.58. The van der Waals surface area contributed by atoms with Crippen LogP contribution in [0.3, 0.4) is 0 Å². The molecule has 3 aromatic heterocycles. The predicted molar refractivity (Wildman–Crippen MR) is 78.1 cm³/mol. The number of nitrogens with zero attached hydrogens (tertiary/aromatic N) is 2. The van der Waals surface area contributed by atoms with E-state index in [1.807, 2.05) is 16.0 Å².